The largest absolute Gasteiger partial charge is 0.497 e. The Bertz CT molecular complexity index is 435. The highest BCUT2D eigenvalue weighted by Gasteiger charge is 2.33. The number of carbonyl (C=O) groups excluding carboxylic acids is 1. The number of hydrogen-bond donors (Lipinski definition) is 1. The standard InChI is InChI=1S/C14H18ClNO3/c1-19-12-4-2-10(3-5-12)13(6-7-17)16-9-11(15)8-14(16)18/h2-5,11,13,17H,6-9H2,1H3. The highest BCUT2D eigenvalue weighted by atomic mass is 35.5. The molecule has 19 heavy (non-hydrogen) atoms. The molecule has 1 heterocycles. The van der Waals surface area contributed by atoms with E-state index in [-0.39, 0.29) is 23.9 Å². The molecule has 1 amide bonds. The van der Waals surface area contributed by atoms with Crippen molar-refractivity contribution in [3.05, 3.63) is 29.8 Å². The van der Waals surface area contributed by atoms with Crippen molar-refractivity contribution in [2.24, 2.45) is 0 Å². The van der Waals surface area contributed by atoms with Gasteiger partial charge in [0.15, 0.2) is 0 Å². The second-order valence-corrected chi connectivity index (χ2v) is 5.27. The van der Waals surface area contributed by atoms with Crippen LogP contribution in [0.3, 0.4) is 0 Å². The number of aliphatic hydroxyl groups excluding tert-OH is 1. The van der Waals surface area contributed by atoms with Gasteiger partial charge < -0.3 is 14.7 Å². The van der Waals surface area contributed by atoms with Crippen LogP contribution in [0.25, 0.3) is 0 Å². The fourth-order valence-corrected chi connectivity index (χ4v) is 2.72. The van der Waals surface area contributed by atoms with Crippen molar-refractivity contribution >= 4 is 17.5 Å². The molecule has 1 aromatic carbocycles. The number of ether oxygens (including phenoxy) is 1. The maximum absolute atomic E-state index is 11.9. The summed E-state index contributed by atoms with van der Waals surface area (Å²) in [6.45, 7) is 0.574. The van der Waals surface area contributed by atoms with Crippen molar-refractivity contribution in [3.8, 4) is 5.75 Å². The predicted octanol–water partition coefficient (Wildman–Crippen LogP) is 1.96. The van der Waals surface area contributed by atoms with Gasteiger partial charge in [0.1, 0.15) is 5.75 Å². The number of alkyl halides is 1. The van der Waals surface area contributed by atoms with Crippen molar-refractivity contribution in [2.45, 2.75) is 24.3 Å². The third-order valence-electron chi connectivity index (χ3n) is 3.39. The average Bonchev–Trinajstić information content (AvgIpc) is 2.75. The van der Waals surface area contributed by atoms with E-state index in [1.165, 1.54) is 0 Å². The van der Waals surface area contributed by atoms with Crippen LogP contribution >= 0.6 is 11.6 Å². The molecule has 2 rings (SSSR count). The van der Waals surface area contributed by atoms with Gasteiger partial charge in [0.05, 0.1) is 18.5 Å². The molecule has 5 heteroatoms. The van der Waals surface area contributed by atoms with Gasteiger partial charge in [0, 0.05) is 19.6 Å². The lowest BCUT2D eigenvalue weighted by molar-refractivity contribution is -0.130. The molecule has 1 N–H and O–H groups in total. The number of aliphatic hydroxyl groups is 1. The van der Waals surface area contributed by atoms with Crippen LogP contribution in [0.5, 0.6) is 5.75 Å². The SMILES string of the molecule is COc1ccc(C(CCO)N2CC(Cl)CC2=O)cc1. The molecule has 104 valence electrons. The number of halogens is 1. The van der Waals surface area contributed by atoms with Crippen LogP contribution in [0.2, 0.25) is 0 Å². The van der Waals surface area contributed by atoms with Crippen LogP contribution < -0.4 is 4.74 Å². The van der Waals surface area contributed by atoms with Crippen molar-refractivity contribution in [3.63, 3.8) is 0 Å². The van der Waals surface area contributed by atoms with Crippen LogP contribution in [0.15, 0.2) is 24.3 Å². The van der Waals surface area contributed by atoms with Gasteiger partial charge in [-0.25, -0.2) is 0 Å². The number of hydrogen-bond acceptors (Lipinski definition) is 3. The second-order valence-electron chi connectivity index (χ2n) is 4.65. The highest BCUT2D eigenvalue weighted by molar-refractivity contribution is 6.22. The number of carbonyl (C=O) groups is 1. The van der Waals surface area contributed by atoms with E-state index < -0.39 is 0 Å². The first-order valence-electron chi connectivity index (χ1n) is 6.34. The topological polar surface area (TPSA) is 49.8 Å². The molecule has 4 nitrogen and oxygen atoms in total. The quantitative estimate of drug-likeness (QED) is 0.841. The summed E-state index contributed by atoms with van der Waals surface area (Å²) in [7, 11) is 1.61. The zero-order valence-electron chi connectivity index (χ0n) is 10.9. The molecule has 0 saturated carbocycles. The van der Waals surface area contributed by atoms with E-state index in [1.807, 2.05) is 24.3 Å². The molecule has 1 fully saturated rings. The number of methoxy groups -OCH3 is 1. The van der Waals surface area contributed by atoms with Gasteiger partial charge in [-0.05, 0) is 24.1 Å². The smallest absolute Gasteiger partial charge is 0.224 e. The van der Waals surface area contributed by atoms with E-state index in [1.54, 1.807) is 12.0 Å². The molecule has 0 radical (unpaired) electrons. The fraction of sp³-hybridized carbons (Fsp3) is 0.500. The summed E-state index contributed by atoms with van der Waals surface area (Å²) in [5.74, 6) is 0.823. The molecule has 1 aliphatic heterocycles. The van der Waals surface area contributed by atoms with Crippen molar-refractivity contribution in [2.75, 3.05) is 20.3 Å². The molecular formula is C14H18ClNO3. The summed E-state index contributed by atoms with van der Waals surface area (Å²) in [4.78, 5) is 13.7. The van der Waals surface area contributed by atoms with Gasteiger partial charge in [0.25, 0.3) is 0 Å². The minimum atomic E-state index is -0.132. The Hall–Kier alpha value is -1.26. The molecular weight excluding hydrogens is 266 g/mol. The van der Waals surface area contributed by atoms with Crippen molar-refractivity contribution in [1.29, 1.82) is 0 Å². The lowest BCUT2D eigenvalue weighted by atomic mass is 10.0. The zero-order valence-corrected chi connectivity index (χ0v) is 11.6. The first kappa shape index (κ1) is 14.2. The molecule has 0 spiro atoms. The monoisotopic (exact) mass is 283 g/mol. The van der Waals surface area contributed by atoms with Gasteiger partial charge in [-0.3, -0.25) is 4.79 Å². The van der Waals surface area contributed by atoms with Crippen LogP contribution in [0.1, 0.15) is 24.4 Å². The van der Waals surface area contributed by atoms with E-state index >= 15 is 0 Å². The first-order valence-corrected chi connectivity index (χ1v) is 6.77. The van der Waals surface area contributed by atoms with Crippen LogP contribution in [-0.2, 0) is 4.79 Å². The zero-order chi connectivity index (χ0) is 13.8. The minimum Gasteiger partial charge on any atom is -0.497 e. The van der Waals surface area contributed by atoms with Crippen LogP contribution in [0.4, 0.5) is 0 Å². The van der Waals surface area contributed by atoms with Crippen LogP contribution in [0, 0.1) is 0 Å². The van der Waals surface area contributed by atoms with E-state index in [0.29, 0.717) is 19.4 Å². The maximum atomic E-state index is 11.9. The Morgan fingerprint density at radius 2 is 2.16 bits per heavy atom. The molecule has 0 bridgehead atoms. The van der Waals surface area contributed by atoms with Gasteiger partial charge in [-0.1, -0.05) is 12.1 Å². The summed E-state index contributed by atoms with van der Waals surface area (Å²) in [5, 5.41) is 9.08. The van der Waals surface area contributed by atoms with E-state index in [4.69, 9.17) is 16.3 Å². The van der Waals surface area contributed by atoms with Crippen molar-refractivity contribution < 1.29 is 14.6 Å². The van der Waals surface area contributed by atoms with Gasteiger partial charge in [-0.2, -0.15) is 0 Å². The lowest BCUT2D eigenvalue weighted by Crippen LogP contribution is -2.31. The summed E-state index contributed by atoms with van der Waals surface area (Å²) >= 11 is 6.04. The summed E-state index contributed by atoms with van der Waals surface area (Å²) in [6, 6.07) is 7.45. The average molecular weight is 284 g/mol. The number of amides is 1. The molecule has 0 aromatic heterocycles. The summed E-state index contributed by atoms with van der Waals surface area (Å²) in [5.41, 5.74) is 0.994. The van der Waals surface area contributed by atoms with E-state index in [9.17, 15) is 9.90 Å². The molecule has 2 unspecified atom stereocenters. The Labute approximate surface area is 117 Å². The maximum Gasteiger partial charge on any atom is 0.224 e. The molecule has 2 atom stereocenters. The Morgan fingerprint density at radius 3 is 2.63 bits per heavy atom. The van der Waals surface area contributed by atoms with Gasteiger partial charge in [-0.15, -0.1) is 11.6 Å². The first-order chi connectivity index (χ1) is 9.15. The molecule has 1 aliphatic rings. The lowest BCUT2D eigenvalue weighted by Gasteiger charge is -2.28. The normalized spacial score (nSPS) is 20.7. The van der Waals surface area contributed by atoms with E-state index in [2.05, 4.69) is 0 Å². The molecule has 1 aromatic rings. The van der Waals surface area contributed by atoms with Gasteiger partial charge in [0.2, 0.25) is 5.91 Å². The minimum absolute atomic E-state index is 0.0351. The Balaban J connectivity index is 2.21. The predicted molar refractivity (Wildman–Crippen MR) is 73.4 cm³/mol. The van der Waals surface area contributed by atoms with E-state index in [0.717, 1.165) is 11.3 Å². The third kappa shape index (κ3) is 3.19. The highest BCUT2D eigenvalue weighted by Crippen LogP contribution is 2.31. The number of benzene rings is 1. The molecule has 0 aliphatic carbocycles. The number of nitrogens with zero attached hydrogens (tertiary/aromatic N) is 1. The second kappa shape index (κ2) is 6.26. The van der Waals surface area contributed by atoms with Gasteiger partial charge >= 0.3 is 0 Å². The number of likely N-dealkylation sites (tertiary alicyclic amines) is 1. The summed E-state index contributed by atoms with van der Waals surface area (Å²) < 4.78 is 5.12. The Morgan fingerprint density at radius 1 is 1.47 bits per heavy atom. The Kier molecular flexibility index (Phi) is 4.66. The van der Waals surface area contributed by atoms with Crippen LogP contribution in [-0.4, -0.2) is 41.6 Å². The molecule has 1 saturated heterocycles. The fourth-order valence-electron chi connectivity index (χ4n) is 2.44. The number of rotatable bonds is 5. The van der Waals surface area contributed by atoms with Crippen molar-refractivity contribution in [1.82, 2.24) is 4.90 Å². The summed E-state index contributed by atoms with van der Waals surface area (Å²) in [6.07, 6.45) is 0.890. The third-order valence-corrected chi connectivity index (χ3v) is 3.68.